The maximum absolute atomic E-state index is 13.1. The van der Waals surface area contributed by atoms with Gasteiger partial charge in [-0.2, -0.15) is 0 Å². The first-order valence-electron chi connectivity index (χ1n) is 12.3. The first-order chi connectivity index (χ1) is 13.7. The van der Waals surface area contributed by atoms with Crippen molar-refractivity contribution in [1.82, 2.24) is 0 Å². The molecule has 1 nitrogen and oxygen atoms in total. The van der Waals surface area contributed by atoms with Crippen LogP contribution in [0.3, 0.4) is 0 Å². The van der Waals surface area contributed by atoms with Crippen molar-refractivity contribution >= 4 is 5.78 Å². The zero-order chi connectivity index (χ0) is 21.0. The van der Waals surface area contributed by atoms with E-state index in [1.807, 2.05) is 0 Å². The van der Waals surface area contributed by atoms with Gasteiger partial charge in [0.2, 0.25) is 0 Å². The van der Waals surface area contributed by atoms with Gasteiger partial charge in [-0.3, -0.25) is 4.79 Å². The maximum Gasteiger partial charge on any atom is 0.159 e. The Morgan fingerprint density at radius 3 is 2.38 bits per heavy atom. The first kappa shape index (κ1) is 21.1. The number of fused-ring (bicyclic) bond motifs is 5. The molecule has 1 unspecified atom stereocenters. The number of hydrogen-bond acceptors (Lipinski definition) is 1. The topological polar surface area (TPSA) is 17.1 Å². The highest BCUT2D eigenvalue weighted by Crippen LogP contribution is 2.66. The Morgan fingerprint density at radius 1 is 0.931 bits per heavy atom. The van der Waals surface area contributed by atoms with E-state index < -0.39 is 0 Å². The summed E-state index contributed by atoms with van der Waals surface area (Å²) in [4.78, 5) is 13.1. The van der Waals surface area contributed by atoms with Crippen molar-refractivity contribution in [3.8, 4) is 0 Å². The number of carbonyl (C=O) groups excluding carboxylic acids is 1. The second-order valence-electron chi connectivity index (χ2n) is 11.7. The average molecular weight is 395 g/mol. The van der Waals surface area contributed by atoms with Crippen LogP contribution in [-0.4, -0.2) is 5.78 Å². The number of carbonyl (C=O) groups is 1. The molecule has 0 aliphatic heterocycles. The predicted octanol–water partition coefficient (Wildman–Crippen LogP) is 7.39. The molecule has 0 radical (unpaired) electrons. The van der Waals surface area contributed by atoms with E-state index in [1.165, 1.54) is 25.7 Å². The van der Waals surface area contributed by atoms with Crippen LogP contribution in [-0.2, 0) is 4.79 Å². The van der Waals surface area contributed by atoms with E-state index in [1.54, 1.807) is 5.57 Å². The van der Waals surface area contributed by atoms with Crippen LogP contribution < -0.4 is 0 Å². The second-order valence-corrected chi connectivity index (χ2v) is 11.7. The maximum atomic E-state index is 13.1. The Morgan fingerprint density at radius 2 is 1.66 bits per heavy atom. The molecule has 4 aliphatic rings. The fourth-order valence-electron chi connectivity index (χ4n) is 7.59. The summed E-state index contributed by atoms with van der Waals surface area (Å²) >= 11 is 0. The highest BCUT2D eigenvalue weighted by Gasteiger charge is 2.58. The zero-order valence-corrected chi connectivity index (χ0v) is 19.6. The van der Waals surface area contributed by atoms with E-state index in [-0.39, 0.29) is 11.3 Å². The van der Waals surface area contributed by atoms with Crippen LogP contribution in [0, 0.1) is 52.3 Å². The number of rotatable bonds is 4. The van der Waals surface area contributed by atoms with E-state index in [2.05, 4.69) is 71.9 Å². The molecule has 0 amide bonds. The Balaban J connectivity index is 1.59. The molecule has 0 heterocycles. The molecule has 0 N–H and O–H groups in total. The lowest BCUT2D eigenvalue weighted by Gasteiger charge is -2.55. The molecule has 2 saturated carbocycles. The molecule has 0 saturated heterocycles. The molecular weight excluding hydrogens is 352 g/mol. The minimum absolute atomic E-state index is 0.160. The lowest BCUT2D eigenvalue weighted by Crippen LogP contribution is -2.50. The third kappa shape index (κ3) is 3.31. The number of allylic oxidation sites excluding steroid dienone is 6. The average Bonchev–Trinajstić information content (AvgIpc) is 3.03. The van der Waals surface area contributed by atoms with Crippen LogP contribution in [0.5, 0.6) is 0 Å². The molecule has 160 valence electrons. The minimum Gasteiger partial charge on any atom is -0.295 e. The van der Waals surface area contributed by atoms with Crippen LogP contribution in [0.15, 0.2) is 36.0 Å². The van der Waals surface area contributed by atoms with Crippen LogP contribution in [0.25, 0.3) is 0 Å². The van der Waals surface area contributed by atoms with Gasteiger partial charge in [-0.1, -0.05) is 71.4 Å². The van der Waals surface area contributed by atoms with Crippen LogP contribution >= 0.6 is 0 Å². The van der Waals surface area contributed by atoms with Gasteiger partial charge in [0.15, 0.2) is 5.78 Å². The summed E-state index contributed by atoms with van der Waals surface area (Å²) in [6.07, 6.45) is 19.0. The van der Waals surface area contributed by atoms with Gasteiger partial charge in [-0.05, 0) is 90.9 Å². The van der Waals surface area contributed by atoms with E-state index in [9.17, 15) is 4.79 Å². The summed E-state index contributed by atoms with van der Waals surface area (Å²) in [6, 6.07) is 0. The molecular formula is C28H42O. The van der Waals surface area contributed by atoms with Gasteiger partial charge in [0.1, 0.15) is 0 Å². The van der Waals surface area contributed by atoms with Crippen molar-refractivity contribution in [2.75, 3.05) is 0 Å². The predicted molar refractivity (Wildman–Crippen MR) is 122 cm³/mol. The highest BCUT2D eigenvalue weighted by molar-refractivity contribution is 5.94. The molecule has 0 aromatic heterocycles. The summed E-state index contributed by atoms with van der Waals surface area (Å²) in [7, 11) is 0. The van der Waals surface area contributed by atoms with E-state index in [0.29, 0.717) is 40.8 Å². The molecule has 4 rings (SSSR count). The van der Waals surface area contributed by atoms with Crippen molar-refractivity contribution in [2.45, 2.75) is 80.1 Å². The largest absolute Gasteiger partial charge is 0.295 e. The molecule has 8 atom stereocenters. The first-order valence-corrected chi connectivity index (χ1v) is 12.3. The second kappa shape index (κ2) is 7.54. The molecule has 29 heavy (non-hydrogen) atoms. The standard InChI is InChI=1S/C28H42O/c1-18(2)19(3)10-11-20(4)22-12-13-23-21-17-26(29)25-9-7-8-15-27(25,5)24(21)14-16-28(22,23)6/h7-8,10-11,17-20,22-25H,9,12-16H2,1-6H3/t19-,20+,22+,23-,24-,25?,27+,28+/m0/s1. The quantitative estimate of drug-likeness (QED) is 0.454. The van der Waals surface area contributed by atoms with Gasteiger partial charge in [0, 0.05) is 5.92 Å². The Hall–Kier alpha value is -1.11. The van der Waals surface area contributed by atoms with E-state index in [4.69, 9.17) is 0 Å². The fourth-order valence-corrected chi connectivity index (χ4v) is 7.59. The Bertz CT molecular complexity index is 739. The van der Waals surface area contributed by atoms with Crippen molar-refractivity contribution in [2.24, 2.45) is 52.3 Å². The monoisotopic (exact) mass is 394 g/mol. The van der Waals surface area contributed by atoms with Gasteiger partial charge in [0.25, 0.3) is 0 Å². The van der Waals surface area contributed by atoms with Crippen molar-refractivity contribution < 1.29 is 4.79 Å². The Labute approximate surface area is 179 Å². The van der Waals surface area contributed by atoms with Crippen LogP contribution in [0.4, 0.5) is 0 Å². The van der Waals surface area contributed by atoms with Crippen LogP contribution in [0.2, 0.25) is 0 Å². The number of hydrogen-bond donors (Lipinski definition) is 0. The van der Waals surface area contributed by atoms with Crippen molar-refractivity contribution in [1.29, 1.82) is 0 Å². The summed E-state index contributed by atoms with van der Waals surface area (Å²) in [5, 5.41) is 0. The van der Waals surface area contributed by atoms with E-state index in [0.717, 1.165) is 18.8 Å². The normalized spacial score (nSPS) is 43.7. The molecule has 0 bridgehead atoms. The number of ketones is 1. The lowest BCUT2D eigenvalue weighted by molar-refractivity contribution is -0.126. The Kier molecular flexibility index (Phi) is 5.50. The zero-order valence-electron chi connectivity index (χ0n) is 19.6. The molecule has 0 aromatic carbocycles. The SMILES string of the molecule is CC(C)[C@@H](C)C=C[C@@H](C)[C@H]1CC[C@H]2C3=CC(=O)C4CC=CC[C@]4(C)[C@H]3CC[C@]12C. The molecule has 1 heteroatoms. The minimum atomic E-state index is 0.160. The van der Waals surface area contributed by atoms with Crippen molar-refractivity contribution in [3.05, 3.63) is 36.0 Å². The smallest absolute Gasteiger partial charge is 0.159 e. The molecule has 4 aliphatic carbocycles. The highest BCUT2D eigenvalue weighted by atomic mass is 16.1. The fraction of sp³-hybridized carbons (Fsp3) is 0.750. The van der Waals surface area contributed by atoms with Gasteiger partial charge >= 0.3 is 0 Å². The van der Waals surface area contributed by atoms with E-state index >= 15 is 0 Å². The molecule has 2 fully saturated rings. The van der Waals surface area contributed by atoms with Gasteiger partial charge in [-0.25, -0.2) is 0 Å². The summed E-state index contributed by atoms with van der Waals surface area (Å²) in [5.41, 5.74) is 2.07. The third-order valence-corrected chi connectivity index (χ3v) is 9.93. The summed E-state index contributed by atoms with van der Waals surface area (Å²) in [6.45, 7) is 14.4. The van der Waals surface area contributed by atoms with Crippen LogP contribution in [0.1, 0.15) is 80.1 Å². The van der Waals surface area contributed by atoms with Crippen molar-refractivity contribution in [3.63, 3.8) is 0 Å². The lowest BCUT2D eigenvalue weighted by atomic mass is 9.48. The van der Waals surface area contributed by atoms with Gasteiger partial charge in [0.05, 0.1) is 0 Å². The molecule has 0 aromatic rings. The molecule has 0 spiro atoms. The summed E-state index contributed by atoms with van der Waals surface area (Å²) < 4.78 is 0. The third-order valence-electron chi connectivity index (χ3n) is 9.93. The van der Waals surface area contributed by atoms with Gasteiger partial charge < -0.3 is 0 Å². The van der Waals surface area contributed by atoms with Gasteiger partial charge in [-0.15, -0.1) is 0 Å². The summed E-state index contributed by atoms with van der Waals surface area (Å²) in [5.74, 6) is 4.62.